The third-order valence-electron chi connectivity index (χ3n) is 11.7. The molecule has 6 nitrogen and oxygen atoms in total. The molecular weight excluding hydrogens is 803 g/mol. The second-order valence-electron chi connectivity index (χ2n) is 17.9. The van der Waals surface area contributed by atoms with Gasteiger partial charge < -0.3 is 20.3 Å². The average Bonchev–Trinajstić information content (AvgIpc) is 3.30. The third-order valence-corrected chi connectivity index (χ3v) is 11.7. The predicted molar refractivity (Wildman–Crippen MR) is 282 cm³/mol. The summed E-state index contributed by atoms with van der Waals surface area (Å²) in [4.78, 5) is 26.1. The number of amides is 1. The maximum absolute atomic E-state index is 13.2. The molecule has 0 aliphatic rings. The number of carbonyl (C=O) groups is 2. The lowest BCUT2D eigenvalue weighted by Gasteiger charge is -2.23. The summed E-state index contributed by atoms with van der Waals surface area (Å²) in [5, 5.41) is 23.8. The molecule has 0 saturated heterocycles. The first-order valence-corrected chi connectivity index (χ1v) is 27.0. The van der Waals surface area contributed by atoms with E-state index in [1.807, 2.05) is 6.08 Å². The first-order valence-electron chi connectivity index (χ1n) is 27.0. The van der Waals surface area contributed by atoms with Gasteiger partial charge in [-0.05, 0) is 83.1 Å². The summed E-state index contributed by atoms with van der Waals surface area (Å²) in [5.41, 5.74) is 0. The van der Waals surface area contributed by atoms with Crippen molar-refractivity contribution in [1.29, 1.82) is 0 Å². The van der Waals surface area contributed by atoms with Crippen LogP contribution in [0.5, 0.6) is 0 Å². The fourth-order valence-corrected chi connectivity index (χ4v) is 7.59. The van der Waals surface area contributed by atoms with Crippen molar-refractivity contribution < 1.29 is 24.5 Å². The maximum atomic E-state index is 13.2. The molecule has 0 radical (unpaired) electrons. The van der Waals surface area contributed by atoms with E-state index in [2.05, 4.69) is 111 Å². The molecule has 0 heterocycles. The van der Waals surface area contributed by atoms with Crippen molar-refractivity contribution in [2.45, 2.75) is 257 Å². The van der Waals surface area contributed by atoms with E-state index >= 15 is 0 Å². The summed E-state index contributed by atoms with van der Waals surface area (Å²) in [6.07, 6.45) is 69.2. The van der Waals surface area contributed by atoms with Crippen LogP contribution >= 0.6 is 0 Å². The number of allylic oxidation sites excluding steroid dienone is 15. The SMILES string of the molecule is CC/C=C\C/C=C\C/C=C\C/C=C\C/C=C\C/C=C\C(CC(=O)NC(CO)C(O)CCCCCCCCCCCCCCCC)OC(=O)CCCCCCCC/C=C/C=C/CCCCC. The molecule has 3 unspecified atom stereocenters. The van der Waals surface area contributed by atoms with Gasteiger partial charge in [-0.15, -0.1) is 0 Å². The molecule has 3 atom stereocenters. The van der Waals surface area contributed by atoms with Crippen LogP contribution in [0.25, 0.3) is 0 Å². The van der Waals surface area contributed by atoms with Gasteiger partial charge in [-0.2, -0.15) is 0 Å². The Morgan fingerprint density at radius 3 is 1.37 bits per heavy atom. The number of aliphatic hydroxyl groups excluding tert-OH is 2. The van der Waals surface area contributed by atoms with E-state index in [9.17, 15) is 19.8 Å². The van der Waals surface area contributed by atoms with E-state index in [0.717, 1.165) is 83.5 Å². The Balaban J connectivity index is 4.79. The van der Waals surface area contributed by atoms with E-state index in [-0.39, 0.29) is 24.9 Å². The van der Waals surface area contributed by atoms with Gasteiger partial charge in [0.1, 0.15) is 6.10 Å². The highest BCUT2D eigenvalue weighted by Crippen LogP contribution is 2.16. The van der Waals surface area contributed by atoms with Crippen molar-refractivity contribution in [2.75, 3.05) is 6.61 Å². The van der Waals surface area contributed by atoms with Gasteiger partial charge >= 0.3 is 5.97 Å². The maximum Gasteiger partial charge on any atom is 0.306 e. The monoisotopic (exact) mass is 904 g/mol. The molecule has 0 aromatic carbocycles. The minimum absolute atomic E-state index is 0.0565. The highest BCUT2D eigenvalue weighted by atomic mass is 16.5. The molecule has 0 fully saturated rings. The summed E-state index contributed by atoms with van der Waals surface area (Å²) >= 11 is 0. The third kappa shape index (κ3) is 47.1. The van der Waals surface area contributed by atoms with Crippen molar-refractivity contribution in [3.05, 3.63) is 97.2 Å². The lowest BCUT2D eigenvalue weighted by Crippen LogP contribution is -2.46. The Kier molecular flexibility index (Phi) is 49.2. The molecule has 0 rings (SSSR count). The summed E-state index contributed by atoms with van der Waals surface area (Å²) in [6.45, 7) is 6.30. The zero-order chi connectivity index (χ0) is 47.4. The summed E-state index contributed by atoms with van der Waals surface area (Å²) < 4.78 is 5.83. The zero-order valence-corrected chi connectivity index (χ0v) is 42.3. The van der Waals surface area contributed by atoms with Crippen LogP contribution in [-0.2, 0) is 14.3 Å². The first-order chi connectivity index (χ1) is 32.0. The minimum Gasteiger partial charge on any atom is -0.458 e. The van der Waals surface area contributed by atoms with Gasteiger partial charge in [0, 0.05) is 6.42 Å². The first kappa shape index (κ1) is 61.8. The average molecular weight is 904 g/mol. The molecule has 372 valence electrons. The number of hydrogen-bond donors (Lipinski definition) is 3. The molecule has 6 heteroatoms. The largest absolute Gasteiger partial charge is 0.458 e. The van der Waals surface area contributed by atoms with Gasteiger partial charge in [-0.3, -0.25) is 9.59 Å². The molecule has 0 aromatic heterocycles. The van der Waals surface area contributed by atoms with Crippen molar-refractivity contribution in [1.82, 2.24) is 5.32 Å². The Labute approximate surface area is 401 Å². The zero-order valence-electron chi connectivity index (χ0n) is 42.3. The lowest BCUT2D eigenvalue weighted by atomic mass is 10.0. The summed E-state index contributed by atoms with van der Waals surface area (Å²) in [5.74, 6) is -0.647. The number of aliphatic hydroxyl groups is 2. The summed E-state index contributed by atoms with van der Waals surface area (Å²) in [6, 6.07) is -0.751. The highest BCUT2D eigenvalue weighted by Gasteiger charge is 2.23. The van der Waals surface area contributed by atoms with Crippen LogP contribution in [0, 0.1) is 0 Å². The topological polar surface area (TPSA) is 95.9 Å². The number of rotatable bonds is 47. The molecule has 3 N–H and O–H groups in total. The fraction of sp³-hybridized carbons (Fsp3) is 0.695. The molecule has 0 aliphatic carbocycles. The van der Waals surface area contributed by atoms with Crippen molar-refractivity contribution in [3.8, 4) is 0 Å². The van der Waals surface area contributed by atoms with Crippen LogP contribution < -0.4 is 5.32 Å². The Morgan fingerprint density at radius 1 is 0.492 bits per heavy atom. The van der Waals surface area contributed by atoms with Gasteiger partial charge in [-0.25, -0.2) is 0 Å². The second-order valence-corrected chi connectivity index (χ2v) is 17.9. The van der Waals surface area contributed by atoms with Crippen LogP contribution in [0.15, 0.2) is 97.2 Å². The van der Waals surface area contributed by atoms with Gasteiger partial charge in [-0.1, -0.05) is 240 Å². The predicted octanol–water partition coefficient (Wildman–Crippen LogP) is 16.5. The number of hydrogen-bond acceptors (Lipinski definition) is 5. The lowest BCUT2D eigenvalue weighted by molar-refractivity contribution is -0.148. The van der Waals surface area contributed by atoms with Gasteiger partial charge in [0.05, 0.1) is 25.2 Å². The number of esters is 1. The van der Waals surface area contributed by atoms with Crippen LogP contribution in [0.4, 0.5) is 0 Å². The van der Waals surface area contributed by atoms with Crippen LogP contribution in [0.3, 0.4) is 0 Å². The van der Waals surface area contributed by atoms with E-state index in [1.54, 1.807) is 6.08 Å². The Morgan fingerprint density at radius 2 is 0.892 bits per heavy atom. The quantitative estimate of drug-likeness (QED) is 0.0245. The van der Waals surface area contributed by atoms with E-state index in [0.29, 0.717) is 19.3 Å². The van der Waals surface area contributed by atoms with Gasteiger partial charge in [0.2, 0.25) is 5.91 Å². The molecule has 0 aliphatic heterocycles. The number of unbranched alkanes of at least 4 members (excludes halogenated alkanes) is 22. The molecular formula is C59H101NO5. The Hall–Kier alpha value is -3.22. The van der Waals surface area contributed by atoms with Gasteiger partial charge in [0.25, 0.3) is 0 Å². The molecule has 1 amide bonds. The van der Waals surface area contributed by atoms with E-state index in [1.165, 1.54) is 109 Å². The normalized spacial score (nSPS) is 14.0. The minimum atomic E-state index is -0.827. The molecule has 65 heavy (non-hydrogen) atoms. The van der Waals surface area contributed by atoms with Gasteiger partial charge in [0.15, 0.2) is 0 Å². The van der Waals surface area contributed by atoms with Crippen molar-refractivity contribution >= 4 is 11.9 Å². The standard InChI is InChI=1S/C59H101NO5/c1-4-7-10-13-16-19-22-25-28-29-31-32-35-38-41-44-47-50-55(65-59(64)52-49-46-43-40-37-34-30-26-23-20-17-14-11-8-5-2)53-58(63)60-56(54-61)57(62)51-48-45-42-39-36-33-27-24-21-18-15-12-9-6-3/h7,10,16-17,19-20,23,25-26,28,31-32,38,41,47,50,55-57,61-62H,4-6,8-9,11-15,18,21-22,24,27,29-30,33-37,39-40,42-46,48-49,51-54H2,1-3H3,(H,60,63)/b10-7-,19-16-,20-17+,26-23+,28-25-,32-31-,41-38-,50-47-. The van der Waals surface area contributed by atoms with E-state index < -0.39 is 18.2 Å². The van der Waals surface area contributed by atoms with Crippen molar-refractivity contribution in [2.24, 2.45) is 0 Å². The van der Waals surface area contributed by atoms with Crippen LogP contribution in [-0.4, -0.2) is 46.9 Å². The second kappa shape index (κ2) is 51.8. The number of ether oxygens (including phenoxy) is 1. The van der Waals surface area contributed by atoms with E-state index in [4.69, 9.17) is 4.74 Å². The molecule has 0 aromatic rings. The molecule has 0 saturated carbocycles. The van der Waals surface area contributed by atoms with Crippen LogP contribution in [0.1, 0.15) is 239 Å². The number of nitrogens with one attached hydrogen (secondary N) is 1. The molecule has 0 bridgehead atoms. The highest BCUT2D eigenvalue weighted by molar-refractivity contribution is 5.78. The van der Waals surface area contributed by atoms with Crippen LogP contribution in [0.2, 0.25) is 0 Å². The Bertz CT molecular complexity index is 1290. The van der Waals surface area contributed by atoms with Crippen molar-refractivity contribution in [3.63, 3.8) is 0 Å². The molecule has 0 spiro atoms. The smallest absolute Gasteiger partial charge is 0.306 e. The fourth-order valence-electron chi connectivity index (χ4n) is 7.59. The summed E-state index contributed by atoms with van der Waals surface area (Å²) in [7, 11) is 0. The number of carbonyl (C=O) groups excluding carboxylic acids is 2.